The van der Waals surface area contributed by atoms with Gasteiger partial charge in [0.15, 0.2) is 0 Å². The van der Waals surface area contributed by atoms with Gasteiger partial charge in [0.2, 0.25) is 0 Å². The van der Waals surface area contributed by atoms with E-state index in [2.05, 4.69) is 4.90 Å². The van der Waals surface area contributed by atoms with Gasteiger partial charge in [-0.1, -0.05) is 12.1 Å². The number of para-hydroxylation sites is 2. The maximum atomic E-state index is 12.5. The molecule has 1 amide bonds. The van der Waals surface area contributed by atoms with E-state index in [-0.39, 0.29) is 6.10 Å². The third-order valence-corrected chi connectivity index (χ3v) is 4.51. The molecule has 1 fully saturated rings. The molecule has 6 nitrogen and oxygen atoms in total. The zero-order valence-electron chi connectivity index (χ0n) is 15.5. The molecule has 2 heterocycles. The number of amides is 1. The van der Waals surface area contributed by atoms with Gasteiger partial charge in [0, 0.05) is 39.4 Å². The van der Waals surface area contributed by atoms with E-state index in [1.165, 1.54) is 0 Å². The summed E-state index contributed by atoms with van der Waals surface area (Å²) in [5.41, 5.74) is 1.45. The van der Waals surface area contributed by atoms with Crippen molar-refractivity contribution in [3.8, 4) is 5.75 Å². The van der Waals surface area contributed by atoms with Crippen LogP contribution < -0.4 is 9.64 Å². The SMILES string of the molecule is CC(C)Oc1ccccc1N1CCN(C(=O)C(=O)c2cccn2C)CC1. The molecule has 138 valence electrons. The summed E-state index contributed by atoms with van der Waals surface area (Å²) in [5.74, 6) is -0.0326. The Balaban J connectivity index is 1.65. The summed E-state index contributed by atoms with van der Waals surface area (Å²) in [6.07, 6.45) is 1.87. The first-order valence-corrected chi connectivity index (χ1v) is 8.93. The number of aryl methyl sites for hydroxylation is 1. The van der Waals surface area contributed by atoms with Crippen molar-refractivity contribution in [1.82, 2.24) is 9.47 Å². The Hall–Kier alpha value is -2.76. The van der Waals surface area contributed by atoms with Crippen molar-refractivity contribution in [3.05, 3.63) is 48.3 Å². The molecule has 0 atom stereocenters. The van der Waals surface area contributed by atoms with E-state index in [4.69, 9.17) is 4.74 Å². The molecule has 1 aliphatic heterocycles. The van der Waals surface area contributed by atoms with Crippen LogP contribution in [0.15, 0.2) is 42.6 Å². The van der Waals surface area contributed by atoms with Crippen LogP contribution in [0.5, 0.6) is 5.75 Å². The minimum atomic E-state index is -0.450. The summed E-state index contributed by atoms with van der Waals surface area (Å²) in [5, 5.41) is 0. The highest BCUT2D eigenvalue weighted by atomic mass is 16.5. The highest BCUT2D eigenvalue weighted by molar-refractivity contribution is 6.42. The summed E-state index contributed by atoms with van der Waals surface area (Å²) < 4.78 is 7.57. The van der Waals surface area contributed by atoms with Crippen LogP contribution >= 0.6 is 0 Å². The fourth-order valence-corrected chi connectivity index (χ4v) is 3.17. The van der Waals surface area contributed by atoms with Gasteiger partial charge in [0.1, 0.15) is 5.75 Å². The average molecular weight is 355 g/mol. The van der Waals surface area contributed by atoms with Crippen LogP contribution in [0.1, 0.15) is 24.3 Å². The summed E-state index contributed by atoms with van der Waals surface area (Å²) in [7, 11) is 1.77. The second-order valence-electron chi connectivity index (χ2n) is 6.75. The number of hydrogen-bond acceptors (Lipinski definition) is 4. The lowest BCUT2D eigenvalue weighted by atomic mass is 10.2. The third-order valence-electron chi connectivity index (χ3n) is 4.51. The van der Waals surface area contributed by atoms with E-state index in [9.17, 15) is 9.59 Å². The van der Waals surface area contributed by atoms with Crippen LogP contribution in [0.4, 0.5) is 5.69 Å². The number of hydrogen-bond donors (Lipinski definition) is 0. The van der Waals surface area contributed by atoms with Gasteiger partial charge in [-0.3, -0.25) is 9.59 Å². The first-order valence-electron chi connectivity index (χ1n) is 8.93. The molecular formula is C20H25N3O3. The van der Waals surface area contributed by atoms with Crippen molar-refractivity contribution in [2.45, 2.75) is 20.0 Å². The summed E-state index contributed by atoms with van der Waals surface area (Å²) in [4.78, 5) is 28.8. The number of carbonyl (C=O) groups is 2. The molecule has 0 unspecified atom stereocenters. The number of ketones is 1. The molecular weight excluding hydrogens is 330 g/mol. The number of Topliss-reactive ketones (excluding diaryl/α,β-unsaturated/α-hetero) is 1. The van der Waals surface area contributed by atoms with Crippen LogP contribution in [0.3, 0.4) is 0 Å². The van der Waals surface area contributed by atoms with Crippen LogP contribution in [0.2, 0.25) is 0 Å². The molecule has 0 bridgehead atoms. The van der Waals surface area contributed by atoms with Crippen LogP contribution in [-0.4, -0.2) is 53.4 Å². The van der Waals surface area contributed by atoms with Crippen LogP contribution in [-0.2, 0) is 11.8 Å². The van der Waals surface area contributed by atoms with Gasteiger partial charge in [0.05, 0.1) is 17.5 Å². The van der Waals surface area contributed by atoms with Gasteiger partial charge >= 0.3 is 0 Å². The number of rotatable bonds is 5. The first kappa shape index (κ1) is 18.0. The van der Waals surface area contributed by atoms with E-state index in [0.29, 0.717) is 31.9 Å². The highest BCUT2D eigenvalue weighted by Gasteiger charge is 2.28. The molecule has 1 saturated heterocycles. The smallest absolute Gasteiger partial charge is 0.296 e. The van der Waals surface area contributed by atoms with Crippen molar-refractivity contribution in [2.75, 3.05) is 31.1 Å². The third kappa shape index (κ3) is 3.74. The maximum Gasteiger partial charge on any atom is 0.296 e. The largest absolute Gasteiger partial charge is 0.489 e. The summed E-state index contributed by atoms with van der Waals surface area (Å²) >= 11 is 0. The fraction of sp³-hybridized carbons (Fsp3) is 0.400. The van der Waals surface area contributed by atoms with E-state index in [0.717, 1.165) is 11.4 Å². The molecule has 1 aliphatic rings. The number of piperazine rings is 1. The monoisotopic (exact) mass is 355 g/mol. The minimum absolute atomic E-state index is 0.0990. The molecule has 0 N–H and O–H groups in total. The summed E-state index contributed by atoms with van der Waals surface area (Å²) in [6, 6.07) is 11.4. The van der Waals surface area contributed by atoms with Gasteiger partial charge in [-0.15, -0.1) is 0 Å². The molecule has 0 saturated carbocycles. The Morgan fingerprint density at radius 3 is 2.31 bits per heavy atom. The highest BCUT2D eigenvalue weighted by Crippen LogP contribution is 2.29. The standard InChI is InChI=1S/C20H25N3O3/c1-15(2)26-18-9-5-4-7-16(18)22-11-13-23(14-12-22)20(25)19(24)17-8-6-10-21(17)3/h4-10,15H,11-14H2,1-3H3. The lowest BCUT2D eigenvalue weighted by molar-refractivity contribution is -0.126. The number of ether oxygens (including phenoxy) is 1. The fourth-order valence-electron chi connectivity index (χ4n) is 3.17. The van der Waals surface area contributed by atoms with Gasteiger partial charge < -0.3 is 19.1 Å². The molecule has 2 aromatic rings. The number of carbonyl (C=O) groups excluding carboxylic acids is 2. The summed E-state index contributed by atoms with van der Waals surface area (Å²) in [6.45, 7) is 6.39. The molecule has 0 spiro atoms. The average Bonchev–Trinajstić information content (AvgIpc) is 3.06. The van der Waals surface area contributed by atoms with Crippen molar-refractivity contribution in [3.63, 3.8) is 0 Å². The van der Waals surface area contributed by atoms with Crippen molar-refractivity contribution >= 4 is 17.4 Å². The Kier molecular flexibility index (Phi) is 5.30. The lowest BCUT2D eigenvalue weighted by Crippen LogP contribution is -2.51. The van der Waals surface area contributed by atoms with E-state index in [1.54, 1.807) is 34.8 Å². The Morgan fingerprint density at radius 1 is 1.00 bits per heavy atom. The number of benzene rings is 1. The Bertz CT molecular complexity index is 789. The van der Waals surface area contributed by atoms with Crippen molar-refractivity contribution in [2.24, 2.45) is 7.05 Å². The zero-order valence-corrected chi connectivity index (χ0v) is 15.5. The Morgan fingerprint density at radius 2 is 1.69 bits per heavy atom. The second kappa shape index (κ2) is 7.64. The minimum Gasteiger partial charge on any atom is -0.489 e. The predicted molar refractivity (Wildman–Crippen MR) is 101 cm³/mol. The maximum absolute atomic E-state index is 12.5. The predicted octanol–water partition coefficient (Wildman–Crippen LogP) is 2.34. The van der Waals surface area contributed by atoms with Crippen molar-refractivity contribution in [1.29, 1.82) is 0 Å². The molecule has 0 radical (unpaired) electrons. The van der Waals surface area contributed by atoms with Crippen LogP contribution in [0.25, 0.3) is 0 Å². The van der Waals surface area contributed by atoms with E-state index < -0.39 is 11.7 Å². The van der Waals surface area contributed by atoms with Crippen molar-refractivity contribution < 1.29 is 14.3 Å². The number of nitrogens with zero attached hydrogens (tertiary/aromatic N) is 3. The van der Waals surface area contributed by atoms with Gasteiger partial charge in [0.25, 0.3) is 11.7 Å². The lowest BCUT2D eigenvalue weighted by Gasteiger charge is -2.36. The molecule has 26 heavy (non-hydrogen) atoms. The van der Waals surface area contributed by atoms with Gasteiger partial charge in [-0.2, -0.15) is 0 Å². The quantitative estimate of drug-likeness (QED) is 0.610. The van der Waals surface area contributed by atoms with Gasteiger partial charge in [-0.25, -0.2) is 0 Å². The van der Waals surface area contributed by atoms with Gasteiger partial charge in [-0.05, 0) is 38.1 Å². The normalized spacial score (nSPS) is 14.6. The number of aromatic nitrogens is 1. The topological polar surface area (TPSA) is 54.8 Å². The molecule has 0 aliphatic carbocycles. The number of anilines is 1. The Labute approximate surface area is 154 Å². The molecule has 3 rings (SSSR count). The second-order valence-corrected chi connectivity index (χ2v) is 6.75. The molecule has 6 heteroatoms. The van der Waals surface area contributed by atoms with E-state index >= 15 is 0 Å². The molecule has 1 aromatic heterocycles. The first-order chi connectivity index (χ1) is 12.5. The zero-order chi connectivity index (χ0) is 18.7. The van der Waals surface area contributed by atoms with E-state index in [1.807, 2.05) is 38.1 Å². The van der Waals surface area contributed by atoms with Crippen LogP contribution in [0, 0.1) is 0 Å². The molecule has 1 aromatic carbocycles.